The van der Waals surface area contributed by atoms with Gasteiger partial charge in [0, 0.05) is 61.8 Å². The number of thioether (sulfide) groups is 2. The van der Waals surface area contributed by atoms with Gasteiger partial charge in [-0.25, -0.2) is 0 Å². The molecule has 7 amide bonds. The van der Waals surface area contributed by atoms with Crippen LogP contribution in [0, 0.1) is 11.8 Å². The van der Waals surface area contributed by atoms with Crippen molar-refractivity contribution in [1.82, 2.24) is 25.8 Å². The third-order valence-corrected chi connectivity index (χ3v) is 15.3. The fraction of sp³-hybridized carbons (Fsp3) is 0.580. The summed E-state index contributed by atoms with van der Waals surface area (Å²) in [5.41, 5.74) is 14.0. The quantitative estimate of drug-likeness (QED) is 0.158. The molecule has 17 nitrogen and oxygen atoms in total. The number of hydrogen-bond donors (Lipinski definition) is 6. The van der Waals surface area contributed by atoms with Gasteiger partial charge in [0.15, 0.2) is 5.78 Å². The highest BCUT2D eigenvalue weighted by atomic mass is 32.2. The van der Waals surface area contributed by atoms with Crippen molar-refractivity contribution in [2.45, 2.75) is 145 Å². The number of rotatable bonds is 13. The number of primary amides is 2. The summed E-state index contributed by atoms with van der Waals surface area (Å²) in [6, 6.07) is 10.6. The third-order valence-electron chi connectivity index (χ3n) is 12.9. The van der Waals surface area contributed by atoms with Gasteiger partial charge < -0.3 is 42.3 Å². The molecule has 2 aromatic rings. The second-order valence-electron chi connectivity index (χ2n) is 18.4. The van der Waals surface area contributed by atoms with E-state index in [1.54, 1.807) is 35.2 Å². The van der Waals surface area contributed by atoms with E-state index in [0.717, 1.165) is 30.4 Å². The van der Waals surface area contributed by atoms with Gasteiger partial charge in [-0.2, -0.15) is 23.5 Å². The Morgan fingerprint density at radius 1 is 0.754 bits per heavy atom. The highest BCUT2D eigenvalue weighted by Crippen LogP contribution is 2.30. The highest BCUT2D eigenvalue weighted by molar-refractivity contribution is 7.98. The van der Waals surface area contributed by atoms with Gasteiger partial charge in [0.1, 0.15) is 30.0 Å². The molecule has 0 spiro atoms. The second-order valence-corrected chi connectivity index (χ2v) is 20.5. The maximum Gasteiger partial charge on any atom is 0.246 e. The van der Waals surface area contributed by atoms with Crippen LogP contribution in [0.3, 0.4) is 0 Å². The Labute approximate surface area is 413 Å². The van der Waals surface area contributed by atoms with Gasteiger partial charge in [-0.3, -0.25) is 43.2 Å². The SMILES string of the molecule is CCCCCC(=O)C[C@H]1CSCc2cccc(c2)CSC[C@@H](C(N)=O)CC(=O)[C@H](Cc2ccccc2)NC(=O)[C@H](CCC(N)=O)NC(=O)[C@H]([C@@H](C)O)NC(=O)[C@@H]2CCCN2C(=O)[C@@H]2CCCN2C1=O. The number of fused-ring (bicyclic) bond motifs is 4. The number of aliphatic hydroxyl groups is 1. The summed E-state index contributed by atoms with van der Waals surface area (Å²) in [4.78, 5) is 126. The lowest BCUT2D eigenvalue weighted by atomic mass is 9.94. The lowest BCUT2D eigenvalue weighted by Gasteiger charge is -2.33. The summed E-state index contributed by atoms with van der Waals surface area (Å²) in [6.45, 7) is 3.86. The smallest absolute Gasteiger partial charge is 0.246 e. The molecule has 2 aromatic carbocycles. The number of Topliss-reactive ketones (excluding diaryl/α,β-unsaturated/α-hetero) is 2. The molecular formula is C50H69N7O10S2. The van der Waals surface area contributed by atoms with Crippen LogP contribution in [0.15, 0.2) is 54.6 Å². The molecule has 3 aliphatic rings. The Bertz CT molecular complexity index is 2140. The Morgan fingerprint density at radius 3 is 2.03 bits per heavy atom. The molecule has 8 atom stereocenters. The van der Waals surface area contributed by atoms with Crippen molar-refractivity contribution in [2.75, 3.05) is 24.6 Å². The standard InChI is InChI=1S/C50H69N7O10S2/c1-3-4-6-16-37(59)25-36-30-69-28-34-15-9-14-33(23-34)27-68-29-35(45(52)62)26-42(60)39(24-32-12-7-5-8-13-32)54-46(63)38(19-20-43(51)61)53-48(65)44(31(2)58)55-47(64)40-17-10-21-56(40)50(67)41-18-11-22-57(41)49(36)66/h5,7-9,12-15,23,31,35-36,38-41,44,58H,3-4,6,10-11,16-22,24-30H2,1-2H3,(H2,51,61)(H2,52,62)(H,53,65)(H,54,63)(H,55,64)/t31-,35+,36+,38+,39+,40+,41+,44+/m1/s1. The van der Waals surface area contributed by atoms with Crippen LogP contribution < -0.4 is 27.4 Å². The van der Waals surface area contributed by atoms with Gasteiger partial charge in [-0.1, -0.05) is 74.4 Å². The van der Waals surface area contributed by atoms with E-state index in [9.17, 15) is 48.3 Å². The fourth-order valence-corrected chi connectivity index (χ4v) is 11.3. The summed E-state index contributed by atoms with van der Waals surface area (Å²) in [7, 11) is 0. The van der Waals surface area contributed by atoms with Gasteiger partial charge in [0.05, 0.1) is 24.0 Å². The Balaban J connectivity index is 1.47. The molecule has 2 saturated heterocycles. The van der Waals surface area contributed by atoms with E-state index >= 15 is 0 Å². The zero-order chi connectivity index (χ0) is 50.0. The third kappa shape index (κ3) is 16.4. The number of amides is 7. The van der Waals surface area contributed by atoms with Crippen LogP contribution in [0.1, 0.15) is 108 Å². The predicted octanol–water partition coefficient (Wildman–Crippen LogP) is 2.71. The van der Waals surface area contributed by atoms with Crippen molar-refractivity contribution in [3.8, 4) is 0 Å². The molecule has 376 valence electrons. The minimum Gasteiger partial charge on any atom is -0.391 e. The lowest BCUT2D eigenvalue weighted by Crippen LogP contribution is -2.61. The number of carbonyl (C=O) groups is 9. The molecule has 8 N–H and O–H groups in total. The lowest BCUT2D eigenvalue weighted by molar-refractivity contribution is -0.148. The Hall–Kier alpha value is -5.27. The van der Waals surface area contributed by atoms with Crippen LogP contribution in [0.4, 0.5) is 0 Å². The molecule has 0 unspecified atom stereocenters. The fourth-order valence-electron chi connectivity index (χ4n) is 9.10. The molecule has 2 fully saturated rings. The summed E-state index contributed by atoms with van der Waals surface area (Å²) < 4.78 is 0. The number of ketones is 2. The first kappa shape index (κ1) is 54.7. The van der Waals surface area contributed by atoms with Crippen LogP contribution in [-0.2, 0) is 61.1 Å². The Kier molecular flexibility index (Phi) is 21.6. The summed E-state index contributed by atoms with van der Waals surface area (Å²) in [5.74, 6) is -5.22. The number of carbonyl (C=O) groups excluding carboxylic acids is 9. The number of nitrogens with zero attached hydrogens (tertiary/aromatic N) is 2. The first-order valence-corrected chi connectivity index (χ1v) is 26.5. The van der Waals surface area contributed by atoms with E-state index in [-0.39, 0.29) is 62.5 Å². The number of hydrogen-bond acceptors (Lipinski definition) is 12. The van der Waals surface area contributed by atoms with E-state index in [0.29, 0.717) is 55.1 Å². The average Bonchev–Trinajstić information content (AvgIpc) is 4.02. The minimum absolute atomic E-state index is 0.00929. The number of benzene rings is 2. The average molecular weight is 992 g/mol. The largest absolute Gasteiger partial charge is 0.391 e. The molecule has 5 rings (SSSR count). The number of nitrogens with two attached hydrogens (primary N) is 2. The van der Waals surface area contributed by atoms with Crippen molar-refractivity contribution in [3.05, 3.63) is 71.3 Å². The van der Waals surface area contributed by atoms with E-state index < -0.39 is 89.4 Å². The molecule has 3 heterocycles. The van der Waals surface area contributed by atoms with Gasteiger partial charge >= 0.3 is 0 Å². The van der Waals surface area contributed by atoms with Gasteiger partial charge in [-0.15, -0.1) is 0 Å². The molecule has 2 bridgehead atoms. The van der Waals surface area contributed by atoms with Crippen LogP contribution >= 0.6 is 23.5 Å². The monoisotopic (exact) mass is 991 g/mol. The van der Waals surface area contributed by atoms with Crippen molar-refractivity contribution >= 4 is 76.4 Å². The molecule has 0 aromatic heterocycles. The molecule has 0 radical (unpaired) electrons. The minimum atomic E-state index is -1.62. The van der Waals surface area contributed by atoms with Gasteiger partial charge in [0.2, 0.25) is 41.4 Å². The molecule has 0 aliphatic carbocycles. The maximum absolute atomic E-state index is 14.5. The van der Waals surface area contributed by atoms with E-state index in [2.05, 4.69) is 22.9 Å². The molecule has 69 heavy (non-hydrogen) atoms. The first-order chi connectivity index (χ1) is 33.1. The van der Waals surface area contributed by atoms with Crippen molar-refractivity contribution < 1.29 is 48.3 Å². The van der Waals surface area contributed by atoms with Gasteiger partial charge in [-0.05, 0) is 68.6 Å². The number of unbranched alkanes of at least 4 members (excludes halogenated alkanes) is 2. The van der Waals surface area contributed by atoms with Crippen molar-refractivity contribution in [3.63, 3.8) is 0 Å². The van der Waals surface area contributed by atoms with Crippen LogP contribution in [0.2, 0.25) is 0 Å². The summed E-state index contributed by atoms with van der Waals surface area (Å²) >= 11 is 2.95. The van der Waals surface area contributed by atoms with Crippen molar-refractivity contribution in [1.29, 1.82) is 0 Å². The van der Waals surface area contributed by atoms with Crippen LogP contribution in [-0.4, -0.2) is 129 Å². The molecule has 0 saturated carbocycles. The van der Waals surface area contributed by atoms with Crippen LogP contribution in [0.5, 0.6) is 0 Å². The molecule has 3 aliphatic heterocycles. The Morgan fingerprint density at radius 2 is 1.39 bits per heavy atom. The zero-order valence-corrected chi connectivity index (χ0v) is 41.4. The summed E-state index contributed by atoms with van der Waals surface area (Å²) in [6.07, 6.45) is 2.19. The number of nitrogens with one attached hydrogen (secondary N) is 3. The van der Waals surface area contributed by atoms with E-state index in [1.807, 2.05) is 24.3 Å². The zero-order valence-electron chi connectivity index (χ0n) is 39.7. The summed E-state index contributed by atoms with van der Waals surface area (Å²) in [5, 5.41) is 18.7. The predicted molar refractivity (Wildman–Crippen MR) is 264 cm³/mol. The van der Waals surface area contributed by atoms with Crippen molar-refractivity contribution in [2.24, 2.45) is 23.3 Å². The first-order valence-electron chi connectivity index (χ1n) is 24.2. The topological polar surface area (TPSA) is 268 Å². The maximum atomic E-state index is 14.5. The normalized spacial score (nSPS) is 25.6. The highest BCUT2D eigenvalue weighted by Gasteiger charge is 2.44. The molecule has 19 heteroatoms. The van der Waals surface area contributed by atoms with Gasteiger partial charge in [0.25, 0.3) is 0 Å². The van der Waals surface area contributed by atoms with E-state index in [4.69, 9.17) is 11.5 Å². The molecular weight excluding hydrogens is 923 g/mol. The second kappa shape index (κ2) is 27.2. The number of aliphatic hydroxyl groups excluding tert-OH is 1. The van der Waals surface area contributed by atoms with Crippen LogP contribution in [0.25, 0.3) is 0 Å². The van der Waals surface area contributed by atoms with E-state index in [1.165, 1.54) is 35.3 Å².